The van der Waals surface area contributed by atoms with E-state index in [0.717, 1.165) is 5.56 Å². The van der Waals surface area contributed by atoms with E-state index in [-0.39, 0.29) is 32.5 Å². The number of carbonyl (C=O) groups is 2. The molecule has 1 aromatic carbocycles. The van der Waals surface area contributed by atoms with Gasteiger partial charge in [-0.05, 0) is 39.7 Å². The van der Waals surface area contributed by atoms with Crippen LogP contribution >= 0.6 is 0 Å². The molecule has 0 radical (unpaired) electrons. The van der Waals surface area contributed by atoms with Crippen LogP contribution in [0.3, 0.4) is 0 Å². The largest absolute Gasteiger partial charge is 0.445 e. The number of alkyl carbamates (subject to hydrolysis) is 1. The second-order valence-electron chi connectivity index (χ2n) is 8.24. The second-order valence-corrected chi connectivity index (χ2v) is 8.24. The van der Waals surface area contributed by atoms with Crippen molar-refractivity contribution in [3.8, 4) is 0 Å². The summed E-state index contributed by atoms with van der Waals surface area (Å²) in [5.74, 6) is 0. The molecule has 27 heavy (non-hydrogen) atoms. The second kappa shape index (κ2) is 8.59. The van der Waals surface area contributed by atoms with Crippen LogP contribution in [0.5, 0.6) is 0 Å². The van der Waals surface area contributed by atoms with Gasteiger partial charge in [-0.2, -0.15) is 0 Å². The van der Waals surface area contributed by atoms with Crippen LogP contribution in [0.1, 0.15) is 46.1 Å². The maximum absolute atomic E-state index is 14.2. The fraction of sp³-hybridized carbons (Fsp3) is 0.600. The third kappa shape index (κ3) is 7.07. The molecule has 1 saturated heterocycles. The van der Waals surface area contributed by atoms with Crippen molar-refractivity contribution in [2.75, 3.05) is 13.1 Å². The number of ether oxygens (including phenoxy) is 2. The summed E-state index contributed by atoms with van der Waals surface area (Å²) in [5.41, 5.74) is -0.727. The summed E-state index contributed by atoms with van der Waals surface area (Å²) in [4.78, 5) is 26.1. The Bertz CT molecular complexity index is 647. The van der Waals surface area contributed by atoms with Crippen molar-refractivity contribution in [3.63, 3.8) is 0 Å². The van der Waals surface area contributed by atoms with Crippen molar-refractivity contribution in [2.24, 2.45) is 0 Å². The molecular weight excluding hydrogens is 351 g/mol. The Kier molecular flexibility index (Phi) is 6.68. The average molecular weight is 380 g/mol. The molecule has 1 unspecified atom stereocenters. The first kappa shape index (κ1) is 21.0. The number of alkyl halides is 1. The minimum absolute atomic E-state index is 0.104. The Hall–Kier alpha value is -2.31. The topological polar surface area (TPSA) is 67.9 Å². The lowest BCUT2D eigenvalue weighted by molar-refractivity contribution is 0.0210. The van der Waals surface area contributed by atoms with Crippen LogP contribution in [-0.2, 0) is 16.1 Å². The lowest BCUT2D eigenvalue weighted by Crippen LogP contribution is -2.54. The van der Waals surface area contributed by atoms with Gasteiger partial charge in [-0.25, -0.2) is 14.0 Å². The molecule has 0 aliphatic carbocycles. The number of nitrogens with one attached hydrogen (secondary N) is 1. The van der Waals surface area contributed by atoms with Gasteiger partial charge in [0.1, 0.15) is 18.4 Å². The summed E-state index contributed by atoms with van der Waals surface area (Å²) in [6.07, 6.45) is -1.97. The fourth-order valence-corrected chi connectivity index (χ4v) is 3.03. The van der Waals surface area contributed by atoms with Gasteiger partial charge in [-0.15, -0.1) is 0 Å². The van der Waals surface area contributed by atoms with E-state index >= 15 is 0 Å². The van der Waals surface area contributed by atoms with Crippen LogP contribution in [0.4, 0.5) is 14.0 Å². The zero-order valence-corrected chi connectivity index (χ0v) is 16.5. The van der Waals surface area contributed by atoms with Crippen LogP contribution in [0.25, 0.3) is 0 Å². The Morgan fingerprint density at radius 2 is 1.96 bits per heavy atom. The Morgan fingerprint density at radius 1 is 1.30 bits per heavy atom. The van der Waals surface area contributed by atoms with Gasteiger partial charge in [0.2, 0.25) is 0 Å². The minimum atomic E-state index is -1.13. The summed E-state index contributed by atoms with van der Waals surface area (Å²) in [6, 6.07) is 9.29. The third-order valence-corrected chi connectivity index (χ3v) is 4.19. The molecule has 1 aliphatic heterocycles. The zero-order valence-electron chi connectivity index (χ0n) is 16.5. The first-order valence-corrected chi connectivity index (χ1v) is 9.17. The highest BCUT2D eigenvalue weighted by molar-refractivity contribution is 5.70. The molecule has 2 amide bonds. The lowest BCUT2D eigenvalue weighted by Gasteiger charge is -2.34. The molecule has 2 atom stereocenters. The van der Waals surface area contributed by atoms with Crippen molar-refractivity contribution < 1.29 is 23.5 Å². The maximum atomic E-state index is 14.2. The quantitative estimate of drug-likeness (QED) is 0.859. The van der Waals surface area contributed by atoms with Gasteiger partial charge in [0.25, 0.3) is 0 Å². The molecule has 0 saturated carbocycles. The summed E-state index contributed by atoms with van der Waals surface area (Å²) in [5, 5.41) is 2.73. The monoisotopic (exact) mass is 380 g/mol. The molecule has 2 rings (SSSR count). The van der Waals surface area contributed by atoms with Gasteiger partial charge >= 0.3 is 12.2 Å². The highest BCUT2D eigenvalue weighted by Crippen LogP contribution is 2.25. The van der Waals surface area contributed by atoms with Crippen molar-refractivity contribution in [2.45, 2.75) is 64.5 Å². The molecule has 150 valence electrons. The number of benzene rings is 1. The SMILES string of the molecule is CC(C)(C)OC(=O)N1CCC(F)C[C@](C)(NC(=O)OCc2ccccc2)C1. The van der Waals surface area contributed by atoms with Crippen LogP contribution < -0.4 is 5.32 Å². The average Bonchev–Trinajstić information content (AvgIpc) is 2.70. The molecular formula is C20H29FN2O4. The molecule has 1 fully saturated rings. The summed E-state index contributed by atoms with van der Waals surface area (Å²) < 4.78 is 24.9. The van der Waals surface area contributed by atoms with Gasteiger partial charge in [0, 0.05) is 19.5 Å². The first-order valence-electron chi connectivity index (χ1n) is 9.17. The number of amides is 2. The van der Waals surface area contributed by atoms with Crippen LogP contribution in [0, 0.1) is 0 Å². The summed E-state index contributed by atoms with van der Waals surface area (Å²) in [6.45, 7) is 7.57. The molecule has 7 heteroatoms. The number of halogens is 1. The number of nitrogens with zero attached hydrogens (tertiary/aromatic N) is 1. The summed E-state index contributed by atoms with van der Waals surface area (Å²) in [7, 11) is 0. The van der Waals surface area contributed by atoms with Crippen LogP contribution in [0.2, 0.25) is 0 Å². The fourth-order valence-electron chi connectivity index (χ4n) is 3.03. The van der Waals surface area contributed by atoms with Crippen molar-refractivity contribution in [1.82, 2.24) is 10.2 Å². The number of rotatable bonds is 3. The van der Waals surface area contributed by atoms with Crippen molar-refractivity contribution in [3.05, 3.63) is 35.9 Å². The molecule has 1 heterocycles. The minimum Gasteiger partial charge on any atom is -0.445 e. The normalized spacial score (nSPS) is 23.3. The van der Waals surface area contributed by atoms with Gasteiger partial charge < -0.3 is 19.7 Å². The Labute approximate surface area is 160 Å². The Balaban J connectivity index is 1.99. The predicted molar refractivity (Wildman–Crippen MR) is 100 cm³/mol. The number of carbonyl (C=O) groups excluding carboxylic acids is 2. The van der Waals surface area contributed by atoms with E-state index < -0.39 is 29.5 Å². The van der Waals surface area contributed by atoms with E-state index in [1.54, 1.807) is 27.7 Å². The van der Waals surface area contributed by atoms with Crippen LogP contribution in [-0.4, -0.2) is 47.5 Å². The van der Waals surface area contributed by atoms with E-state index in [2.05, 4.69) is 5.32 Å². The third-order valence-electron chi connectivity index (χ3n) is 4.19. The number of hydrogen-bond acceptors (Lipinski definition) is 4. The van der Waals surface area contributed by atoms with Crippen LogP contribution in [0.15, 0.2) is 30.3 Å². The smallest absolute Gasteiger partial charge is 0.410 e. The number of hydrogen-bond donors (Lipinski definition) is 1. The predicted octanol–water partition coefficient (Wildman–Crippen LogP) is 4.04. The lowest BCUT2D eigenvalue weighted by atomic mass is 9.95. The van der Waals surface area contributed by atoms with E-state index in [0.29, 0.717) is 0 Å². The molecule has 1 aromatic rings. The van der Waals surface area contributed by atoms with Gasteiger partial charge in [-0.3, -0.25) is 0 Å². The molecule has 1 N–H and O–H groups in total. The van der Waals surface area contributed by atoms with Gasteiger partial charge in [-0.1, -0.05) is 30.3 Å². The number of likely N-dealkylation sites (tertiary alicyclic amines) is 1. The Morgan fingerprint density at radius 3 is 2.59 bits per heavy atom. The highest BCUT2D eigenvalue weighted by Gasteiger charge is 2.38. The van der Waals surface area contributed by atoms with Gasteiger partial charge in [0.05, 0.1) is 5.54 Å². The zero-order chi connectivity index (χ0) is 20.1. The van der Waals surface area contributed by atoms with Crippen molar-refractivity contribution >= 4 is 12.2 Å². The standard InChI is InChI=1S/C20H29FN2O4/c1-19(2,3)27-18(25)23-11-10-16(21)12-20(4,14-23)22-17(24)26-13-15-8-6-5-7-9-15/h5-9,16H,10-14H2,1-4H3,(H,22,24)/t16?,20-/m0/s1. The van der Waals surface area contributed by atoms with E-state index in [1.165, 1.54) is 4.90 Å². The van der Waals surface area contributed by atoms with Crippen molar-refractivity contribution in [1.29, 1.82) is 0 Å². The van der Waals surface area contributed by atoms with E-state index in [4.69, 9.17) is 9.47 Å². The van der Waals surface area contributed by atoms with Gasteiger partial charge in [0.15, 0.2) is 0 Å². The first-order chi connectivity index (χ1) is 12.6. The molecule has 1 aliphatic rings. The molecule has 0 bridgehead atoms. The van der Waals surface area contributed by atoms with E-state index in [1.807, 2.05) is 30.3 Å². The highest BCUT2D eigenvalue weighted by atomic mass is 19.1. The van der Waals surface area contributed by atoms with E-state index in [9.17, 15) is 14.0 Å². The summed E-state index contributed by atoms with van der Waals surface area (Å²) >= 11 is 0. The molecule has 6 nitrogen and oxygen atoms in total. The maximum Gasteiger partial charge on any atom is 0.410 e. The molecule has 0 spiro atoms. The molecule has 0 aromatic heterocycles.